The van der Waals surface area contributed by atoms with Gasteiger partial charge in [0.1, 0.15) is 23.9 Å². The normalized spacial score (nSPS) is 17.0. The van der Waals surface area contributed by atoms with Gasteiger partial charge in [-0.2, -0.15) is 13.2 Å². The summed E-state index contributed by atoms with van der Waals surface area (Å²) in [4.78, 5) is 37.3. The predicted molar refractivity (Wildman–Crippen MR) is 113 cm³/mol. The summed E-state index contributed by atoms with van der Waals surface area (Å²) in [5, 5.41) is 11.6. The van der Waals surface area contributed by atoms with Crippen LogP contribution in [0.15, 0.2) is 30.5 Å². The number of carbonyl (C=O) groups excluding carboxylic acids is 2. The number of ketones is 1. The second kappa shape index (κ2) is 9.22. The number of carbonyl (C=O) groups is 2. The number of amides is 2. The van der Waals surface area contributed by atoms with Gasteiger partial charge in [0.05, 0.1) is 24.8 Å². The van der Waals surface area contributed by atoms with Crippen molar-refractivity contribution >= 4 is 29.1 Å². The van der Waals surface area contributed by atoms with Gasteiger partial charge >= 0.3 is 12.2 Å². The molecule has 1 fully saturated rings. The highest BCUT2D eigenvalue weighted by atomic mass is 19.4. The lowest BCUT2D eigenvalue weighted by Crippen LogP contribution is -2.48. The topological polar surface area (TPSA) is 108 Å². The maximum absolute atomic E-state index is 13.2. The van der Waals surface area contributed by atoms with Crippen LogP contribution in [0, 0.1) is 0 Å². The Labute approximate surface area is 187 Å². The molecule has 0 radical (unpaired) electrons. The van der Waals surface area contributed by atoms with Crippen molar-refractivity contribution in [2.45, 2.75) is 31.5 Å². The molecule has 2 bridgehead atoms. The number of pyridine rings is 2. The summed E-state index contributed by atoms with van der Waals surface area (Å²) in [6.07, 6.45) is -4.26. The number of fused-ring (bicyclic) bond motifs is 4. The van der Waals surface area contributed by atoms with E-state index in [4.69, 9.17) is 9.84 Å². The number of nitrogens with one attached hydrogen (secondary N) is 1. The highest BCUT2D eigenvalue weighted by molar-refractivity contribution is 6.05. The van der Waals surface area contributed by atoms with Crippen molar-refractivity contribution < 1.29 is 32.6 Å². The van der Waals surface area contributed by atoms with E-state index >= 15 is 0 Å². The number of aliphatic hydroxyl groups excluding tert-OH is 1. The van der Waals surface area contributed by atoms with Crippen LogP contribution in [0.5, 0.6) is 5.75 Å². The number of halogens is 3. The largest absolute Gasteiger partial charge is 0.491 e. The first-order chi connectivity index (χ1) is 15.7. The summed E-state index contributed by atoms with van der Waals surface area (Å²) in [6, 6.07) is 5.37. The Morgan fingerprint density at radius 3 is 2.85 bits per heavy atom. The Hall–Kier alpha value is -3.41. The van der Waals surface area contributed by atoms with E-state index in [-0.39, 0.29) is 36.6 Å². The first-order valence-electron chi connectivity index (χ1n) is 10.4. The Kier molecular flexibility index (Phi) is 6.36. The zero-order chi connectivity index (χ0) is 23.6. The molecular weight excluding hydrogens is 443 g/mol. The summed E-state index contributed by atoms with van der Waals surface area (Å²) < 4.78 is 42.9. The molecule has 33 heavy (non-hydrogen) atoms. The smallest absolute Gasteiger partial charge is 0.389 e. The number of hydrogen-bond acceptors (Lipinski definition) is 7. The highest BCUT2D eigenvalue weighted by Gasteiger charge is 2.40. The molecule has 12 heteroatoms. The fourth-order valence-electron chi connectivity index (χ4n) is 3.91. The van der Waals surface area contributed by atoms with Gasteiger partial charge in [0.25, 0.3) is 0 Å². The fraction of sp³-hybridized carbons (Fsp3) is 0.429. The molecule has 176 valence electrons. The zero-order valence-corrected chi connectivity index (χ0v) is 17.5. The minimum absolute atomic E-state index is 0.0872. The first kappa shape index (κ1) is 22.8. The van der Waals surface area contributed by atoms with Gasteiger partial charge in [-0.15, -0.1) is 0 Å². The molecule has 0 saturated carbocycles. The quantitative estimate of drug-likeness (QED) is 0.606. The summed E-state index contributed by atoms with van der Waals surface area (Å²) in [7, 11) is 0. The third-order valence-electron chi connectivity index (χ3n) is 5.42. The number of ether oxygens (including phenoxy) is 1. The minimum atomic E-state index is -4.44. The van der Waals surface area contributed by atoms with E-state index < -0.39 is 30.8 Å². The fourth-order valence-corrected chi connectivity index (χ4v) is 3.91. The van der Waals surface area contributed by atoms with E-state index in [0.717, 1.165) is 0 Å². The molecule has 9 nitrogen and oxygen atoms in total. The molecule has 4 heterocycles. The van der Waals surface area contributed by atoms with Crippen molar-refractivity contribution in [3.63, 3.8) is 0 Å². The molecule has 4 rings (SSSR count). The SMILES string of the molecule is O=C(CCC(F)(F)F)c1ccc2c(n1)N(C(=O)Nc1cc(OCCO)ccn1)[C@H]1CCN2C1. The molecule has 1 saturated heterocycles. The van der Waals surface area contributed by atoms with Crippen molar-refractivity contribution in [1.29, 1.82) is 0 Å². The van der Waals surface area contributed by atoms with Crippen LogP contribution in [-0.4, -0.2) is 65.4 Å². The van der Waals surface area contributed by atoms with Crippen molar-refractivity contribution in [1.82, 2.24) is 9.97 Å². The number of Topliss-reactive ketones (excluding diaryl/α,β-unsaturated/α-hetero) is 1. The van der Waals surface area contributed by atoms with Crippen LogP contribution in [0.2, 0.25) is 0 Å². The van der Waals surface area contributed by atoms with Gasteiger partial charge in [0.2, 0.25) is 0 Å². The van der Waals surface area contributed by atoms with Crippen molar-refractivity contribution in [2.75, 3.05) is 41.4 Å². The standard InChI is InChI=1S/C21H22F3N5O4/c22-21(23,24)6-3-17(31)15-1-2-16-19(26-15)29(13-5-8-28(16)12-13)20(32)27-18-11-14(4-7-25-18)33-10-9-30/h1-2,4,7,11,13,30H,3,5-6,8-10,12H2,(H,25,27,32)/t13-/m0/s1. The molecule has 2 N–H and O–H groups in total. The molecule has 2 aliphatic heterocycles. The number of aliphatic hydroxyl groups is 1. The second-order valence-corrected chi connectivity index (χ2v) is 7.72. The molecule has 2 aromatic heterocycles. The van der Waals surface area contributed by atoms with E-state index in [1.54, 1.807) is 12.1 Å². The molecule has 0 spiro atoms. The lowest BCUT2D eigenvalue weighted by molar-refractivity contribution is -0.133. The van der Waals surface area contributed by atoms with Gasteiger partial charge in [-0.05, 0) is 24.6 Å². The Morgan fingerprint density at radius 1 is 1.27 bits per heavy atom. The molecule has 1 atom stereocenters. The van der Waals surface area contributed by atoms with Gasteiger partial charge in [-0.1, -0.05) is 0 Å². The second-order valence-electron chi connectivity index (χ2n) is 7.72. The predicted octanol–water partition coefficient (Wildman–Crippen LogP) is 3.00. The van der Waals surface area contributed by atoms with Gasteiger partial charge < -0.3 is 14.7 Å². The van der Waals surface area contributed by atoms with Gasteiger partial charge in [0, 0.05) is 31.8 Å². The average molecular weight is 465 g/mol. The van der Waals surface area contributed by atoms with E-state index in [1.807, 2.05) is 4.90 Å². The summed E-state index contributed by atoms with van der Waals surface area (Å²) in [5.74, 6) is 0.122. The molecule has 0 aromatic carbocycles. The third kappa shape index (κ3) is 5.16. The van der Waals surface area contributed by atoms with E-state index in [9.17, 15) is 22.8 Å². The maximum Gasteiger partial charge on any atom is 0.389 e. The number of nitrogens with zero attached hydrogens (tertiary/aromatic N) is 4. The van der Waals surface area contributed by atoms with Crippen LogP contribution in [0.3, 0.4) is 0 Å². The van der Waals surface area contributed by atoms with Crippen molar-refractivity contribution in [2.24, 2.45) is 0 Å². The highest BCUT2D eigenvalue weighted by Crippen LogP contribution is 2.39. The van der Waals surface area contributed by atoms with Crippen LogP contribution in [0.25, 0.3) is 0 Å². The maximum atomic E-state index is 13.2. The van der Waals surface area contributed by atoms with E-state index in [0.29, 0.717) is 30.9 Å². The Balaban J connectivity index is 1.57. The van der Waals surface area contributed by atoms with E-state index in [2.05, 4.69) is 15.3 Å². The third-order valence-corrected chi connectivity index (χ3v) is 5.42. The number of rotatable bonds is 7. The van der Waals surface area contributed by atoms with Gasteiger partial charge in [-0.25, -0.2) is 14.8 Å². The molecule has 0 aliphatic carbocycles. The van der Waals surface area contributed by atoms with Crippen LogP contribution >= 0.6 is 0 Å². The summed E-state index contributed by atoms with van der Waals surface area (Å²) in [6.45, 7) is 1.19. The van der Waals surface area contributed by atoms with Crippen molar-refractivity contribution in [3.8, 4) is 5.75 Å². The lowest BCUT2D eigenvalue weighted by atomic mass is 10.1. The molecule has 2 aromatic rings. The van der Waals surface area contributed by atoms with Crippen LogP contribution in [0.1, 0.15) is 29.8 Å². The summed E-state index contributed by atoms with van der Waals surface area (Å²) >= 11 is 0. The number of alkyl halides is 3. The van der Waals surface area contributed by atoms with E-state index in [1.165, 1.54) is 23.2 Å². The number of anilines is 3. The van der Waals surface area contributed by atoms with Gasteiger partial charge in [-0.3, -0.25) is 15.0 Å². The van der Waals surface area contributed by atoms with Crippen LogP contribution < -0.4 is 19.9 Å². The lowest BCUT2D eigenvalue weighted by Gasteiger charge is -2.35. The number of aromatic nitrogens is 2. The van der Waals surface area contributed by atoms with Crippen LogP contribution in [-0.2, 0) is 0 Å². The van der Waals surface area contributed by atoms with Gasteiger partial charge in [0.15, 0.2) is 11.6 Å². The molecule has 2 aliphatic rings. The van der Waals surface area contributed by atoms with Crippen LogP contribution in [0.4, 0.5) is 35.3 Å². The Morgan fingerprint density at radius 2 is 2.09 bits per heavy atom. The number of hydrogen-bond donors (Lipinski definition) is 2. The minimum Gasteiger partial charge on any atom is -0.491 e. The zero-order valence-electron chi connectivity index (χ0n) is 17.5. The molecular formula is C21H22F3N5O4. The average Bonchev–Trinajstić information content (AvgIpc) is 3.19. The first-order valence-corrected chi connectivity index (χ1v) is 10.4. The van der Waals surface area contributed by atoms with Crippen molar-refractivity contribution in [3.05, 3.63) is 36.2 Å². The Bertz CT molecular complexity index is 1050. The number of urea groups is 1. The monoisotopic (exact) mass is 465 g/mol. The summed E-state index contributed by atoms with van der Waals surface area (Å²) in [5.41, 5.74) is 0.523. The molecule has 2 amide bonds. The molecule has 0 unspecified atom stereocenters.